The van der Waals surface area contributed by atoms with Gasteiger partial charge >= 0.3 is 0 Å². The lowest BCUT2D eigenvalue weighted by molar-refractivity contribution is 0.381. The zero-order chi connectivity index (χ0) is 19.0. The normalized spacial score (nSPS) is 16.1. The highest BCUT2D eigenvalue weighted by Crippen LogP contribution is 2.24. The number of sulfonamides is 1. The number of aryl methyl sites for hydroxylation is 2. The Hall–Kier alpha value is -2.38. The molecule has 0 atom stereocenters. The highest BCUT2D eigenvalue weighted by atomic mass is 32.2. The van der Waals surface area contributed by atoms with Crippen LogP contribution in [0, 0.1) is 0 Å². The van der Waals surface area contributed by atoms with Gasteiger partial charge in [-0.25, -0.2) is 13.4 Å². The van der Waals surface area contributed by atoms with Crippen LogP contribution in [0.5, 0.6) is 0 Å². The number of piperazine rings is 1. The number of para-hydroxylation sites is 2. The minimum absolute atomic E-state index is 0.371. The predicted octanol–water partition coefficient (Wildman–Crippen LogP) is 2.65. The van der Waals surface area contributed by atoms with Gasteiger partial charge in [-0.3, -0.25) is 0 Å². The number of rotatable bonds is 4. The second-order valence-electron chi connectivity index (χ2n) is 6.85. The molecule has 1 aliphatic heterocycles. The highest BCUT2D eigenvalue weighted by Gasteiger charge is 2.29. The van der Waals surface area contributed by atoms with Crippen LogP contribution >= 0.6 is 0 Å². The van der Waals surface area contributed by atoms with Crippen molar-refractivity contribution in [2.45, 2.75) is 18.2 Å². The molecule has 0 saturated carbocycles. The van der Waals surface area contributed by atoms with Crippen molar-refractivity contribution in [1.29, 1.82) is 0 Å². The quantitative estimate of drug-likeness (QED) is 0.694. The minimum atomic E-state index is -3.45. The Bertz CT molecular complexity index is 1050. The zero-order valence-corrected chi connectivity index (χ0v) is 16.5. The van der Waals surface area contributed by atoms with E-state index < -0.39 is 10.0 Å². The molecule has 1 fully saturated rings. The molecule has 1 saturated heterocycles. The summed E-state index contributed by atoms with van der Waals surface area (Å²) in [5.41, 5.74) is 3.18. The van der Waals surface area contributed by atoms with E-state index in [4.69, 9.17) is 4.98 Å². The largest absolute Gasteiger partial charge is 0.340 e. The van der Waals surface area contributed by atoms with Gasteiger partial charge < -0.3 is 9.47 Å². The zero-order valence-electron chi connectivity index (χ0n) is 15.7. The van der Waals surface area contributed by atoms with Crippen LogP contribution in [0.15, 0.2) is 53.4 Å². The van der Waals surface area contributed by atoms with E-state index in [-0.39, 0.29) is 0 Å². The summed E-state index contributed by atoms with van der Waals surface area (Å²) < 4.78 is 29.5. The molecule has 0 unspecified atom stereocenters. The third kappa shape index (κ3) is 3.21. The minimum Gasteiger partial charge on any atom is -0.340 e. The third-order valence-corrected chi connectivity index (χ3v) is 7.17. The Morgan fingerprint density at radius 3 is 2.26 bits per heavy atom. The van der Waals surface area contributed by atoms with E-state index in [1.165, 1.54) is 0 Å². The summed E-state index contributed by atoms with van der Waals surface area (Å²) in [5.74, 6) is 0.889. The van der Waals surface area contributed by atoms with E-state index >= 15 is 0 Å². The fourth-order valence-electron chi connectivity index (χ4n) is 3.59. The van der Waals surface area contributed by atoms with Gasteiger partial charge in [0.2, 0.25) is 16.0 Å². The number of imidazole rings is 1. The molecular formula is C20H24N4O2S. The van der Waals surface area contributed by atoms with Crippen molar-refractivity contribution >= 4 is 27.0 Å². The summed E-state index contributed by atoms with van der Waals surface area (Å²) in [6.45, 7) is 4.23. The van der Waals surface area contributed by atoms with Gasteiger partial charge in [0, 0.05) is 33.2 Å². The first-order valence-corrected chi connectivity index (χ1v) is 10.7. The van der Waals surface area contributed by atoms with Gasteiger partial charge in [0.15, 0.2) is 0 Å². The first-order chi connectivity index (χ1) is 13.0. The van der Waals surface area contributed by atoms with E-state index in [2.05, 4.69) is 16.4 Å². The first-order valence-electron chi connectivity index (χ1n) is 9.26. The summed E-state index contributed by atoms with van der Waals surface area (Å²) in [6, 6.07) is 15.2. The Morgan fingerprint density at radius 2 is 1.63 bits per heavy atom. The topological polar surface area (TPSA) is 58.4 Å². The fraction of sp³-hybridized carbons (Fsp3) is 0.350. The molecule has 0 amide bonds. The molecule has 4 rings (SSSR count). The van der Waals surface area contributed by atoms with Gasteiger partial charge in [-0.15, -0.1) is 0 Å². The second kappa shape index (κ2) is 6.98. The fourth-order valence-corrected chi connectivity index (χ4v) is 5.01. The molecule has 27 heavy (non-hydrogen) atoms. The number of anilines is 1. The highest BCUT2D eigenvalue weighted by molar-refractivity contribution is 7.89. The molecule has 2 aromatic carbocycles. The van der Waals surface area contributed by atoms with E-state index in [0.29, 0.717) is 31.1 Å². The van der Waals surface area contributed by atoms with E-state index in [0.717, 1.165) is 29.0 Å². The number of aromatic nitrogens is 2. The van der Waals surface area contributed by atoms with E-state index in [9.17, 15) is 8.42 Å². The molecule has 1 aromatic heterocycles. The average Bonchev–Trinajstić information content (AvgIpc) is 3.05. The average molecular weight is 385 g/mol. The molecule has 1 aliphatic rings. The smallest absolute Gasteiger partial charge is 0.243 e. The van der Waals surface area contributed by atoms with Crippen LogP contribution in [0.25, 0.3) is 11.0 Å². The molecule has 7 heteroatoms. The molecule has 3 aromatic rings. The lowest BCUT2D eigenvalue weighted by Gasteiger charge is -2.34. The lowest BCUT2D eigenvalue weighted by atomic mass is 10.2. The maximum absolute atomic E-state index is 12.9. The summed E-state index contributed by atoms with van der Waals surface area (Å²) in [4.78, 5) is 7.25. The van der Waals surface area contributed by atoms with Crippen LogP contribution in [-0.4, -0.2) is 48.5 Å². The molecule has 142 valence electrons. The van der Waals surface area contributed by atoms with Gasteiger partial charge in [0.1, 0.15) is 0 Å². The maximum Gasteiger partial charge on any atom is 0.243 e. The predicted molar refractivity (Wildman–Crippen MR) is 108 cm³/mol. The number of nitrogens with zero attached hydrogens (tertiary/aromatic N) is 4. The van der Waals surface area contributed by atoms with E-state index in [1.54, 1.807) is 16.4 Å². The SMILES string of the molecule is CCc1ccc(S(=O)(=O)N2CCN(c3nc4ccccc4n3C)CC2)cc1. The van der Waals surface area contributed by atoms with Gasteiger partial charge in [0.05, 0.1) is 15.9 Å². The Kier molecular flexibility index (Phi) is 4.65. The lowest BCUT2D eigenvalue weighted by Crippen LogP contribution is -2.49. The van der Waals surface area contributed by atoms with Crippen molar-refractivity contribution in [1.82, 2.24) is 13.9 Å². The number of hydrogen-bond donors (Lipinski definition) is 0. The second-order valence-corrected chi connectivity index (χ2v) is 8.79. The molecule has 0 N–H and O–H groups in total. The third-order valence-electron chi connectivity index (χ3n) is 5.25. The van der Waals surface area contributed by atoms with Crippen LogP contribution in [-0.2, 0) is 23.5 Å². The standard InChI is InChI=1S/C20H24N4O2S/c1-3-16-8-10-17(11-9-16)27(25,26)24-14-12-23(13-15-24)20-21-18-6-4-5-7-19(18)22(20)2/h4-11H,3,12-15H2,1-2H3. The maximum atomic E-state index is 12.9. The molecule has 0 spiro atoms. The van der Waals surface area contributed by atoms with Crippen molar-refractivity contribution in [2.75, 3.05) is 31.1 Å². The summed E-state index contributed by atoms with van der Waals surface area (Å²) in [7, 11) is -1.44. The molecular weight excluding hydrogens is 360 g/mol. The van der Waals surface area contributed by atoms with Gasteiger partial charge in [-0.2, -0.15) is 4.31 Å². The Balaban J connectivity index is 1.51. The number of fused-ring (bicyclic) bond motifs is 1. The summed E-state index contributed by atoms with van der Waals surface area (Å²) in [5, 5.41) is 0. The van der Waals surface area contributed by atoms with Crippen LogP contribution in [0.1, 0.15) is 12.5 Å². The van der Waals surface area contributed by atoms with Gasteiger partial charge in [0.25, 0.3) is 0 Å². The van der Waals surface area contributed by atoms with Crippen LogP contribution in [0.3, 0.4) is 0 Å². The van der Waals surface area contributed by atoms with Crippen molar-refractivity contribution in [2.24, 2.45) is 7.05 Å². The molecule has 0 bridgehead atoms. The monoisotopic (exact) mass is 384 g/mol. The molecule has 2 heterocycles. The van der Waals surface area contributed by atoms with Crippen LogP contribution in [0.4, 0.5) is 5.95 Å². The molecule has 0 aliphatic carbocycles. The van der Waals surface area contributed by atoms with Crippen molar-refractivity contribution in [3.8, 4) is 0 Å². The van der Waals surface area contributed by atoms with Crippen molar-refractivity contribution < 1.29 is 8.42 Å². The summed E-state index contributed by atoms with van der Waals surface area (Å²) >= 11 is 0. The van der Waals surface area contributed by atoms with Gasteiger partial charge in [-0.1, -0.05) is 31.2 Å². The van der Waals surface area contributed by atoms with Gasteiger partial charge in [-0.05, 0) is 36.2 Å². The summed E-state index contributed by atoms with van der Waals surface area (Å²) in [6.07, 6.45) is 0.900. The molecule has 6 nitrogen and oxygen atoms in total. The van der Waals surface area contributed by atoms with Crippen molar-refractivity contribution in [3.63, 3.8) is 0 Å². The first kappa shape index (κ1) is 18.0. The van der Waals surface area contributed by atoms with E-state index in [1.807, 2.05) is 43.4 Å². The Morgan fingerprint density at radius 1 is 0.963 bits per heavy atom. The number of hydrogen-bond acceptors (Lipinski definition) is 4. The van der Waals surface area contributed by atoms with Crippen LogP contribution < -0.4 is 4.90 Å². The van der Waals surface area contributed by atoms with Crippen molar-refractivity contribution in [3.05, 3.63) is 54.1 Å². The Labute approximate surface area is 160 Å². The molecule has 0 radical (unpaired) electrons. The number of benzene rings is 2. The van der Waals surface area contributed by atoms with Crippen LogP contribution in [0.2, 0.25) is 0 Å².